The molecule has 0 spiro atoms. The number of hydrogen-bond acceptors (Lipinski definition) is 3. The van der Waals surface area contributed by atoms with E-state index in [2.05, 4.69) is 17.2 Å². The number of nitrogens with one attached hydrogen (secondary N) is 1. The lowest BCUT2D eigenvalue weighted by Gasteiger charge is -2.12. The fourth-order valence-corrected chi connectivity index (χ4v) is 2.58. The molecule has 1 saturated carbocycles. The zero-order valence-electron chi connectivity index (χ0n) is 9.54. The summed E-state index contributed by atoms with van der Waals surface area (Å²) in [5.41, 5.74) is 6.19. The molecule has 2 unspecified atom stereocenters. The molecule has 88 valence electrons. The zero-order valence-corrected chi connectivity index (χ0v) is 10.3. The first kappa shape index (κ1) is 11.5. The normalized spacial score (nSPS) is 24.6. The maximum absolute atomic E-state index is 6.04. The third-order valence-corrected chi connectivity index (χ3v) is 3.51. The number of rotatable bonds is 3. The molecule has 0 saturated heterocycles. The van der Waals surface area contributed by atoms with E-state index in [1.165, 1.54) is 19.3 Å². The van der Waals surface area contributed by atoms with Gasteiger partial charge in [-0.05, 0) is 30.7 Å². The molecule has 1 aliphatic carbocycles. The second-order valence-electron chi connectivity index (χ2n) is 4.76. The standard InChI is InChI=1S/C12H18ClN3/c1-8-2-3-9(4-8)6-15-12-11(13)5-10(14)7-16-12/h5,7-9H,2-4,6,14H2,1H3,(H,15,16). The number of anilines is 2. The van der Waals surface area contributed by atoms with Crippen LogP contribution in [0.25, 0.3) is 0 Å². The van der Waals surface area contributed by atoms with Gasteiger partial charge in [-0.25, -0.2) is 4.98 Å². The van der Waals surface area contributed by atoms with Crippen LogP contribution >= 0.6 is 11.6 Å². The molecule has 0 amide bonds. The number of hydrogen-bond donors (Lipinski definition) is 2. The Balaban J connectivity index is 1.89. The largest absolute Gasteiger partial charge is 0.397 e. The molecule has 2 atom stereocenters. The summed E-state index contributed by atoms with van der Waals surface area (Å²) < 4.78 is 0. The summed E-state index contributed by atoms with van der Waals surface area (Å²) >= 11 is 6.04. The van der Waals surface area contributed by atoms with Crippen LogP contribution < -0.4 is 11.1 Å². The van der Waals surface area contributed by atoms with Gasteiger partial charge < -0.3 is 11.1 Å². The molecule has 1 heterocycles. The van der Waals surface area contributed by atoms with Crippen LogP contribution in [0.15, 0.2) is 12.3 Å². The predicted octanol–water partition coefficient (Wildman–Crippen LogP) is 3.17. The van der Waals surface area contributed by atoms with Crippen molar-refractivity contribution in [1.29, 1.82) is 0 Å². The summed E-state index contributed by atoms with van der Waals surface area (Å²) in [6, 6.07) is 1.73. The third-order valence-electron chi connectivity index (χ3n) is 3.22. The van der Waals surface area contributed by atoms with Crippen LogP contribution in [0.1, 0.15) is 26.2 Å². The fraction of sp³-hybridized carbons (Fsp3) is 0.583. The van der Waals surface area contributed by atoms with Gasteiger partial charge in [-0.15, -0.1) is 0 Å². The third kappa shape index (κ3) is 2.79. The second-order valence-corrected chi connectivity index (χ2v) is 5.17. The lowest BCUT2D eigenvalue weighted by atomic mass is 10.1. The van der Waals surface area contributed by atoms with Gasteiger partial charge in [0.25, 0.3) is 0 Å². The van der Waals surface area contributed by atoms with E-state index in [0.29, 0.717) is 10.7 Å². The molecule has 0 aromatic carbocycles. The minimum atomic E-state index is 0.602. The van der Waals surface area contributed by atoms with Crippen LogP contribution in [-0.4, -0.2) is 11.5 Å². The van der Waals surface area contributed by atoms with Gasteiger partial charge in [0.15, 0.2) is 0 Å². The van der Waals surface area contributed by atoms with E-state index in [1.807, 2.05) is 0 Å². The molecular weight excluding hydrogens is 222 g/mol. The molecule has 0 radical (unpaired) electrons. The van der Waals surface area contributed by atoms with Crippen LogP contribution in [0.5, 0.6) is 0 Å². The van der Waals surface area contributed by atoms with Crippen molar-refractivity contribution in [1.82, 2.24) is 4.98 Å². The van der Waals surface area contributed by atoms with Crippen LogP contribution in [-0.2, 0) is 0 Å². The molecule has 1 aromatic rings. The smallest absolute Gasteiger partial charge is 0.144 e. The second kappa shape index (κ2) is 4.91. The predicted molar refractivity (Wildman–Crippen MR) is 68.7 cm³/mol. The van der Waals surface area contributed by atoms with E-state index in [0.717, 1.165) is 24.2 Å². The van der Waals surface area contributed by atoms with Crippen LogP contribution in [0.4, 0.5) is 11.5 Å². The Kier molecular flexibility index (Phi) is 3.54. The highest BCUT2D eigenvalue weighted by Crippen LogP contribution is 2.31. The highest BCUT2D eigenvalue weighted by molar-refractivity contribution is 6.33. The SMILES string of the molecule is CC1CCC(CNc2ncc(N)cc2Cl)C1. The summed E-state index contributed by atoms with van der Waals surface area (Å²) in [6.45, 7) is 3.27. The lowest BCUT2D eigenvalue weighted by molar-refractivity contribution is 0.536. The Hall–Kier alpha value is -0.960. The summed E-state index contributed by atoms with van der Waals surface area (Å²) in [5.74, 6) is 2.36. The van der Waals surface area contributed by atoms with Gasteiger partial charge >= 0.3 is 0 Å². The molecule has 1 aliphatic rings. The van der Waals surface area contributed by atoms with Gasteiger partial charge in [0.05, 0.1) is 16.9 Å². The quantitative estimate of drug-likeness (QED) is 0.852. The molecule has 3 N–H and O–H groups in total. The lowest BCUT2D eigenvalue weighted by Crippen LogP contribution is -2.12. The summed E-state index contributed by atoms with van der Waals surface area (Å²) in [5, 5.41) is 3.91. The average molecular weight is 240 g/mol. The average Bonchev–Trinajstić information content (AvgIpc) is 2.63. The number of halogens is 1. The summed E-state index contributed by atoms with van der Waals surface area (Å²) in [6.07, 6.45) is 5.58. The van der Waals surface area contributed by atoms with Crippen molar-refractivity contribution in [3.63, 3.8) is 0 Å². The van der Waals surface area contributed by atoms with Crippen LogP contribution in [0, 0.1) is 11.8 Å². The highest BCUT2D eigenvalue weighted by atomic mass is 35.5. The Morgan fingerprint density at radius 2 is 2.38 bits per heavy atom. The molecule has 0 aliphatic heterocycles. The fourth-order valence-electron chi connectivity index (χ4n) is 2.33. The summed E-state index contributed by atoms with van der Waals surface area (Å²) in [7, 11) is 0. The first-order chi connectivity index (χ1) is 7.65. The number of aromatic nitrogens is 1. The maximum Gasteiger partial charge on any atom is 0.144 e. The Bertz CT molecular complexity index is 367. The minimum absolute atomic E-state index is 0.602. The molecular formula is C12H18ClN3. The molecule has 0 bridgehead atoms. The molecule has 16 heavy (non-hydrogen) atoms. The first-order valence-electron chi connectivity index (χ1n) is 5.80. The Morgan fingerprint density at radius 3 is 3.00 bits per heavy atom. The van der Waals surface area contributed by atoms with Crippen molar-refractivity contribution >= 4 is 23.1 Å². The van der Waals surface area contributed by atoms with Crippen molar-refractivity contribution in [2.45, 2.75) is 26.2 Å². The van der Waals surface area contributed by atoms with Gasteiger partial charge in [-0.3, -0.25) is 0 Å². The van der Waals surface area contributed by atoms with Crippen LogP contribution in [0.2, 0.25) is 5.02 Å². The van der Waals surface area contributed by atoms with E-state index < -0.39 is 0 Å². The first-order valence-corrected chi connectivity index (χ1v) is 6.18. The molecule has 2 rings (SSSR count). The van der Waals surface area contributed by atoms with E-state index in [9.17, 15) is 0 Å². The molecule has 1 fully saturated rings. The molecule has 1 aromatic heterocycles. The van der Waals surface area contributed by atoms with E-state index in [-0.39, 0.29) is 0 Å². The van der Waals surface area contributed by atoms with Crippen molar-refractivity contribution in [2.75, 3.05) is 17.6 Å². The van der Waals surface area contributed by atoms with Gasteiger partial charge in [-0.1, -0.05) is 24.9 Å². The topological polar surface area (TPSA) is 50.9 Å². The Labute approximate surface area is 101 Å². The Morgan fingerprint density at radius 1 is 1.56 bits per heavy atom. The van der Waals surface area contributed by atoms with Crippen LogP contribution in [0.3, 0.4) is 0 Å². The van der Waals surface area contributed by atoms with Crippen molar-refractivity contribution in [2.24, 2.45) is 11.8 Å². The van der Waals surface area contributed by atoms with Crippen molar-refractivity contribution in [3.05, 3.63) is 17.3 Å². The summed E-state index contributed by atoms with van der Waals surface area (Å²) in [4.78, 5) is 4.19. The number of nitrogen functional groups attached to an aromatic ring is 1. The van der Waals surface area contributed by atoms with Crippen molar-refractivity contribution < 1.29 is 0 Å². The van der Waals surface area contributed by atoms with Crippen molar-refractivity contribution in [3.8, 4) is 0 Å². The monoisotopic (exact) mass is 239 g/mol. The van der Waals surface area contributed by atoms with E-state index >= 15 is 0 Å². The van der Waals surface area contributed by atoms with Gasteiger partial charge in [0.1, 0.15) is 5.82 Å². The number of nitrogens with zero attached hydrogens (tertiary/aromatic N) is 1. The molecule has 3 nitrogen and oxygen atoms in total. The van der Waals surface area contributed by atoms with E-state index in [1.54, 1.807) is 12.3 Å². The van der Waals surface area contributed by atoms with E-state index in [4.69, 9.17) is 17.3 Å². The van der Waals surface area contributed by atoms with Gasteiger partial charge in [0, 0.05) is 6.54 Å². The highest BCUT2D eigenvalue weighted by Gasteiger charge is 2.21. The zero-order chi connectivity index (χ0) is 11.5. The maximum atomic E-state index is 6.04. The van der Waals surface area contributed by atoms with Gasteiger partial charge in [0.2, 0.25) is 0 Å². The molecule has 4 heteroatoms. The number of nitrogens with two attached hydrogens (primary N) is 1. The minimum Gasteiger partial charge on any atom is -0.397 e. The number of pyridine rings is 1. The van der Waals surface area contributed by atoms with Gasteiger partial charge in [-0.2, -0.15) is 0 Å².